The highest BCUT2D eigenvalue weighted by Gasteiger charge is 2.18. The molecule has 0 saturated carbocycles. The van der Waals surface area contributed by atoms with E-state index in [0.29, 0.717) is 5.92 Å². The number of nitrogens with one attached hydrogen (secondary N) is 1. The standard InChI is InChI=1S/C16H28N4/c1-5-20(11-14-6-8-17-9-7-14)16-18-13(4)10-15(19-16)12(2)3/h10,12,14,17H,5-9,11H2,1-4H3. The summed E-state index contributed by atoms with van der Waals surface area (Å²) in [5.41, 5.74) is 2.22. The third-order valence-corrected chi connectivity index (χ3v) is 4.06. The third-order valence-electron chi connectivity index (χ3n) is 4.06. The van der Waals surface area contributed by atoms with Crippen LogP contribution in [0.1, 0.15) is 50.9 Å². The van der Waals surface area contributed by atoms with Crippen LogP contribution in [0.4, 0.5) is 5.95 Å². The maximum absolute atomic E-state index is 4.77. The van der Waals surface area contributed by atoms with Gasteiger partial charge in [-0.3, -0.25) is 0 Å². The van der Waals surface area contributed by atoms with E-state index in [1.165, 1.54) is 12.8 Å². The lowest BCUT2D eigenvalue weighted by Gasteiger charge is -2.29. The first-order valence-electron chi connectivity index (χ1n) is 7.91. The van der Waals surface area contributed by atoms with Crippen LogP contribution in [0.3, 0.4) is 0 Å². The molecule has 1 saturated heterocycles. The van der Waals surface area contributed by atoms with Gasteiger partial charge in [-0.05, 0) is 57.7 Å². The molecule has 0 aliphatic carbocycles. The van der Waals surface area contributed by atoms with Crippen LogP contribution in [-0.4, -0.2) is 36.1 Å². The van der Waals surface area contributed by atoms with Gasteiger partial charge in [0, 0.05) is 24.5 Å². The molecule has 0 bridgehead atoms. The van der Waals surface area contributed by atoms with E-state index >= 15 is 0 Å². The van der Waals surface area contributed by atoms with Gasteiger partial charge in [0.2, 0.25) is 5.95 Å². The van der Waals surface area contributed by atoms with Gasteiger partial charge in [-0.25, -0.2) is 9.97 Å². The number of rotatable bonds is 5. The predicted molar refractivity (Wildman–Crippen MR) is 84.3 cm³/mol. The lowest BCUT2D eigenvalue weighted by Crippen LogP contribution is -2.37. The molecule has 0 aromatic carbocycles. The van der Waals surface area contributed by atoms with Crippen LogP contribution in [0, 0.1) is 12.8 Å². The molecule has 0 unspecified atom stereocenters. The van der Waals surface area contributed by atoms with Crippen molar-refractivity contribution in [3.05, 3.63) is 17.5 Å². The molecule has 1 aliphatic heterocycles. The quantitative estimate of drug-likeness (QED) is 0.898. The van der Waals surface area contributed by atoms with Gasteiger partial charge in [-0.2, -0.15) is 0 Å². The number of anilines is 1. The molecule has 1 N–H and O–H groups in total. The SMILES string of the molecule is CCN(CC1CCNCC1)c1nc(C)cc(C(C)C)n1. The Bertz CT molecular complexity index is 424. The van der Waals surface area contributed by atoms with Crippen molar-refractivity contribution in [1.82, 2.24) is 15.3 Å². The average Bonchev–Trinajstić information content (AvgIpc) is 2.45. The Morgan fingerprint density at radius 3 is 2.60 bits per heavy atom. The van der Waals surface area contributed by atoms with E-state index in [4.69, 9.17) is 4.98 Å². The minimum Gasteiger partial charge on any atom is -0.341 e. The van der Waals surface area contributed by atoms with E-state index < -0.39 is 0 Å². The summed E-state index contributed by atoms with van der Waals surface area (Å²) in [6, 6.07) is 2.10. The van der Waals surface area contributed by atoms with E-state index in [-0.39, 0.29) is 0 Å². The molecule has 2 heterocycles. The highest BCUT2D eigenvalue weighted by molar-refractivity contribution is 5.33. The molecule has 112 valence electrons. The summed E-state index contributed by atoms with van der Waals surface area (Å²) in [4.78, 5) is 11.8. The minimum absolute atomic E-state index is 0.452. The highest BCUT2D eigenvalue weighted by Crippen LogP contribution is 2.20. The Morgan fingerprint density at radius 2 is 2.00 bits per heavy atom. The number of hydrogen-bond acceptors (Lipinski definition) is 4. The largest absolute Gasteiger partial charge is 0.341 e. The fourth-order valence-corrected chi connectivity index (χ4v) is 2.74. The van der Waals surface area contributed by atoms with Gasteiger partial charge in [-0.1, -0.05) is 13.8 Å². The summed E-state index contributed by atoms with van der Waals surface area (Å²) >= 11 is 0. The van der Waals surface area contributed by atoms with Crippen molar-refractivity contribution in [2.45, 2.75) is 46.5 Å². The van der Waals surface area contributed by atoms with Gasteiger partial charge in [0.05, 0.1) is 0 Å². The molecule has 1 aromatic rings. The van der Waals surface area contributed by atoms with Crippen molar-refractivity contribution in [2.75, 3.05) is 31.1 Å². The molecule has 0 spiro atoms. The van der Waals surface area contributed by atoms with Crippen LogP contribution in [0.5, 0.6) is 0 Å². The fraction of sp³-hybridized carbons (Fsp3) is 0.750. The lowest BCUT2D eigenvalue weighted by molar-refractivity contribution is 0.373. The first-order chi connectivity index (χ1) is 9.60. The third kappa shape index (κ3) is 3.92. The second-order valence-corrected chi connectivity index (χ2v) is 6.12. The van der Waals surface area contributed by atoms with Gasteiger partial charge in [0.25, 0.3) is 0 Å². The van der Waals surface area contributed by atoms with E-state index in [1.54, 1.807) is 0 Å². The molecule has 1 fully saturated rings. The van der Waals surface area contributed by atoms with Crippen LogP contribution in [0.15, 0.2) is 6.07 Å². The summed E-state index contributed by atoms with van der Waals surface area (Å²) in [6.45, 7) is 13.0. The first-order valence-corrected chi connectivity index (χ1v) is 7.91. The second kappa shape index (κ2) is 7.02. The van der Waals surface area contributed by atoms with Crippen molar-refractivity contribution in [2.24, 2.45) is 5.92 Å². The maximum atomic E-state index is 4.77. The molecular weight excluding hydrogens is 248 g/mol. The van der Waals surface area contributed by atoms with Gasteiger partial charge < -0.3 is 10.2 Å². The molecule has 0 radical (unpaired) electrons. The molecule has 20 heavy (non-hydrogen) atoms. The smallest absolute Gasteiger partial charge is 0.225 e. The zero-order chi connectivity index (χ0) is 14.5. The molecule has 0 amide bonds. The number of nitrogens with zero attached hydrogens (tertiary/aromatic N) is 3. The normalized spacial score (nSPS) is 16.6. The molecular formula is C16H28N4. The molecule has 4 heteroatoms. The predicted octanol–water partition coefficient (Wildman–Crippen LogP) is 2.73. The van der Waals surface area contributed by atoms with Gasteiger partial charge in [0.15, 0.2) is 0 Å². The lowest BCUT2D eigenvalue weighted by atomic mass is 9.97. The molecule has 2 rings (SSSR count). The second-order valence-electron chi connectivity index (χ2n) is 6.12. The summed E-state index contributed by atoms with van der Waals surface area (Å²) < 4.78 is 0. The number of piperidine rings is 1. The topological polar surface area (TPSA) is 41.0 Å². The van der Waals surface area contributed by atoms with Crippen LogP contribution in [0.25, 0.3) is 0 Å². The van der Waals surface area contributed by atoms with Crippen molar-refractivity contribution in [3.63, 3.8) is 0 Å². The molecule has 0 atom stereocenters. The fourth-order valence-electron chi connectivity index (χ4n) is 2.74. The van der Waals surface area contributed by atoms with Crippen molar-refractivity contribution < 1.29 is 0 Å². The molecule has 4 nitrogen and oxygen atoms in total. The highest BCUT2D eigenvalue weighted by atomic mass is 15.2. The average molecular weight is 276 g/mol. The first kappa shape index (κ1) is 15.2. The number of aryl methyl sites for hydroxylation is 1. The van der Waals surface area contributed by atoms with Crippen LogP contribution >= 0.6 is 0 Å². The Kier molecular flexibility index (Phi) is 5.35. The number of aromatic nitrogens is 2. The zero-order valence-electron chi connectivity index (χ0n) is 13.3. The van der Waals surface area contributed by atoms with E-state index in [2.05, 4.69) is 49.0 Å². The van der Waals surface area contributed by atoms with Crippen molar-refractivity contribution >= 4 is 5.95 Å². The summed E-state index contributed by atoms with van der Waals surface area (Å²) in [6.07, 6.45) is 2.53. The Labute approximate surface area is 123 Å². The van der Waals surface area contributed by atoms with Crippen LogP contribution < -0.4 is 10.2 Å². The number of hydrogen-bond donors (Lipinski definition) is 1. The summed E-state index contributed by atoms with van der Waals surface area (Å²) in [5, 5.41) is 3.43. The van der Waals surface area contributed by atoms with Gasteiger partial charge >= 0.3 is 0 Å². The van der Waals surface area contributed by atoms with Gasteiger partial charge in [0.1, 0.15) is 0 Å². The summed E-state index contributed by atoms with van der Waals surface area (Å²) in [7, 11) is 0. The monoisotopic (exact) mass is 276 g/mol. The zero-order valence-corrected chi connectivity index (χ0v) is 13.3. The van der Waals surface area contributed by atoms with Gasteiger partial charge in [-0.15, -0.1) is 0 Å². The minimum atomic E-state index is 0.452. The van der Waals surface area contributed by atoms with E-state index in [1.807, 2.05) is 0 Å². The Morgan fingerprint density at radius 1 is 1.30 bits per heavy atom. The Balaban J connectivity index is 2.13. The molecule has 1 aliphatic rings. The van der Waals surface area contributed by atoms with Crippen molar-refractivity contribution in [1.29, 1.82) is 0 Å². The summed E-state index contributed by atoms with van der Waals surface area (Å²) in [5.74, 6) is 2.13. The van der Waals surface area contributed by atoms with E-state index in [0.717, 1.165) is 49.4 Å². The van der Waals surface area contributed by atoms with Crippen molar-refractivity contribution in [3.8, 4) is 0 Å². The Hall–Kier alpha value is -1.16. The van der Waals surface area contributed by atoms with E-state index in [9.17, 15) is 0 Å². The van der Waals surface area contributed by atoms with Crippen LogP contribution in [0.2, 0.25) is 0 Å². The maximum Gasteiger partial charge on any atom is 0.225 e. The molecule has 1 aromatic heterocycles. The van der Waals surface area contributed by atoms with Crippen LogP contribution in [-0.2, 0) is 0 Å².